The number of ether oxygens (including phenoxy) is 1. The number of aromatic nitrogens is 1. The van der Waals surface area contributed by atoms with E-state index in [-0.39, 0.29) is 5.82 Å². The van der Waals surface area contributed by atoms with Crippen molar-refractivity contribution < 1.29 is 9.13 Å². The summed E-state index contributed by atoms with van der Waals surface area (Å²) in [5.41, 5.74) is 1.57. The Morgan fingerprint density at radius 3 is 2.82 bits per heavy atom. The fourth-order valence-corrected chi connectivity index (χ4v) is 1.89. The molecule has 0 radical (unpaired) electrons. The standard InChI is InChI=1S/C13H11BrFNO/c1-9-12(3-2-6-16-9)17-13-5-4-11(15)7-10(13)8-14/h2-7H,8H2,1H3. The van der Waals surface area contributed by atoms with Gasteiger partial charge in [-0.15, -0.1) is 0 Å². The van der Waals surface area contributed by atoms with Gasteiger partial charge in [-0.3, -0.25) is 4.98 Å². The molecule has 0 amide bonds. The maximum Gasteiger partial charge on any atom is 0.148 e. The Hall–Kier alpha value is -1.42. The molecule has 0 atom stereocenters. The van der Waals surface area contributed by atoms with Gasteiger partial charge in [0.05, 0.1) is 5.69 Å². The molecule has 1 aromatic heterocycles. The van der Waals surface area contributed by atoms with Gasteiger partial charge in [-0.1, -0.05) is 15.9 Å². The first-order valence-electron chi connectivity index (χ1n) is 5.14. The van der Waals surface area contributed by atoms with Gasteiger partial charge >= 0.3 is 0 Å². The number of benzene rings is 1. The molecule has 0 spiro atoms. The van der Waals surface area contributed by atoms with Crippen molar-refractivity contribution >= 4 is 15.9 Å². The van der Waals surface area contributed by atoms with Crippen molar-refractivity contribution in [3.05, 3.63) is 53.6 Å². The number of pyridine rings is 1. The van der Waals surface area contributed by atoms with E-state index in [1.807, 2.05) is 13.0 Å². The molecule has 2 nitrogen and oxygen atoms in total. The second-order valence-corrected chi connectivity index (χ2v) is 4.14. The molecule has 0 bridgehead atoms. The third-order valence-corrected chi connectivity index (χ3v) is 2.95. The molecule has 2 aromatic rings. The van der Waals surface area contributed by atoms with Crippen LogP contribution in [0, 0.1) is 12.7 Å². The average molecular weight is 296 g/mol. The molecule has 17 heavy (non-hydrogen) atoms. The quantitative estimate of drug-likeness (QED) is 0.791. The largest absolute Gasteiger partial charge is 0.455 e. The number of hydrogen-bond donors (Lipinski definition) is 0. The second-order valence-electron chi connectivity index (χ2n) is 3.57. The molecule has 2 rings (SSSR count). The molecule has 1 heterocycles. The van der Waals surface area contributed by atoms with Crippen LogP contribution in [0.25, 0.3) is 0 Å². The highest BCUT2D eigenvalue weighted by Gasteiger charge is 2.07. The molecule has 88 valence electrons. The van der Waals surface area contributed by atoms with Crippen molar-refractivity contribution in [3.8, 4) is 11.5 Å². The number of rotatable bonds is 3. The van der Waals surface area contributed by atoms with E-state index < -0.39 is 0 Å². The summed E-state index contributed by atoms with van der Waals surface area (Å²) in [4.78, 5) is 4.14. The Morgan fingerprint density at radius 1 is 1.29 bits per heavy atom. The summed E-state index contributed by atoms with van der Waals surface area (Å²) >= 11 is 3.31. The highest BCUT2D eigenvalue weighted by Crippen LogP contribution is 2.28. The van der Waals surface area contributed by atoms with Gasteiger partial charge < -0.3 is 4.74 Å². The zero-order valence-corrected chi connectivity index (χ0v) is 10.9. The molecule has 0 aliphatic rings. The predicted molar refractivity (Wildman–Crippen MR) is 68.1 cm³/mol. The highest BCUT2D eigenvalue weighted by molar-refractivity contribution is 9.08. The molecule has 4 heteroatoms. The molecule has 0 saturated heterocycles. The van der Waals surface area contributed by atoms with Gasteiger partial charge in [-0.05, 0) is 37.3 Å². The van der Waals surface area contributed by atoms with E-state index in [9.17, 15) is 4.39 Å². The fourth-order valence-electron chi connectivity index (χ4n) is 1.45. The smallest absolute Gasteiger partial charge is 0.148 e. The van der Waals surface area contributed by atoms with Crippen LogP contribution in [0.2, 0.25) is 0 Å². The van der Waals surface area contributed by atoms with Gasteiger partial charge in [-0.2, -0.15) is 0 Å². The van der Waals surface area contributed by atoms with E-state index in [0.717, 1.165) is 11.3 Å². The maximum atomic E-state index is 13.1. The van der Waals surface area contributed by atoms with Crippen LogP contribution in [0.1, 0.15) is 11.3 Å². The molecule has 0 unspecified atom stereocenters. The van der Waals surface area contributed by atoms with Gasteiger partial charge in [0.2, 0.25) is 0 Å². The van der Waals surface area contributed by atoms with Gasteiger partial charge in [-0.25, -0.2) is 4.39 Å². The number of hydrogen-bond acceptors (Lipinski definition) is 2. The Balaban J connectivity index is 2.33. The lowest BCUT2D eigenvalue weighted by Crippen LogP contribution is -1.93. The van der Waals surface area contributed by atoms with Crippen LogP contribution in [-0.4, -0.2) is 4.98 Å². The van der Waals surface area contributed by atoms with E-state index >= 15 is 0 Å². The number of halogens is 2. The van der Waals surface area contributed by atoms with Crippen molar-refractivity contribution in [1.29, 1.82) is 0 Å². The molecule has 0 saturated carbocycles. The fraction of sp³-hybridized carbons (Fsp3) is 0.154. The lowest BCUT2D eigenvalue weighted by molar-refractivity contribution is 0.469. The SMILES string of the molecule is Cc1ncccc1Oc1ccc(F)cc1CBr. The van der Waals surface area contributed by atoms with Gasteiger partial charge in [0.15, 0.2) is 0 Å². The summed E-state index contributed by atoms with van der Waals surface area (Å²) in [5, 5.41) is 0.541. The molecular weight excluding hydrogens is 285 g/mol. The summed E-state index contributed by atoms with van der Waals surface area (Å²) in [5.74, 6) is 1.05. The molecule has 1 aromatic carbocycles. The topological polar surface area (TPSA) is 22.1 Å². The first-order chi connectivity index (χ1) is 8.20. The van der Waals surface area contributed by atoms with E-state index in [1.165, 1.54) is 12.1 Å². The summed E-state index contributed by atoms with van der Waals surface area (Å²) in [6.45, 7) is 1.87. The van der Waals surface area contributed by atoms with E-state index in [4.69, 9.17) is 4.74 Å². The highest BCUT2D eigenvalue weighted by atomic mass is 79.9. The maximum absolute atomic E-state index is 13.1. The van der Waals surface area contributed by atoms with E-state index in [0.29, 0.717) is 16.8 Å². The molecular formula is C13H11BrFNO. The van der Waals surface area contributed by atoms with Crippen molar-refractivity contribution in [2.45, 2.75) is 12.3 Å². The van der Waals surface area contributed by atoms with Gasteiger partial charge in [0.1, 0.15) is 17.3 Å². The Kier molecular flexibility index (Phi) is 3.74. The number of alkyl halides is 1. The molecule has 0 aliphatic heterocycles. The average Bonchev–Trinajstić information content (AvgIpc) is 2.34. The Labute approximate surface area is 108 Å². The predicted octanol–water partition coefficient (Wildman–Crippen LogP) is 4.22. The van der Waals surface area contributed by atoms with E-state index in [2.05, 4.69) is 20.9 Å². The summed E-state index contributed by atoms with van der Waals surface area (Å²) in [7, 11) is 0. The van der Waals surface area contributed by atoms with Crippen LogP contribution < -0.4 is 4.74 Å². The first kappa shape index (κ1) is 12.0. The van der Waals surface area contributed by atoms with Crippen LogP contribution in [0.4, 0.5) is 4.39 Å². The minimum atomic E-state index is -0.269. The zero-order chi connectivity index (χ0) is 12.3. The van der Waals surface area contributed by atoms with Gasteiger partial charge in [0.25, 0.3) is 0 Å². The third-order valence-electron chi connectivity index (χ3n) is 2.34. The van der Waals surface area contributed by atoms with Crippen LogP contribution in [0.5, 0.6) is 11.5 Å². The third kappa shape index (κ3) is 2.82. The van der Waals surface area contributed by atoms with Crippen molar-refractivity contribution in [3.63, 3.8) is 0 Å². The number of nitrogens with zero attached hydrogens (tertiary/aromatic N) is 1. The van der Waals surface area contributed by atoms with Crippen molar-refractivity contribution in [2.24, 2.45) is 0 Å². The Morgan fingerprint density at radius 2 is 2.12 bits per heavy atom. The van der Waals surface area contributed by atoms with E-state index in [1.54, 1.807) is 18.3 Å². The summed E-state index contributed by atoms with van der Waals surface area (Å²) in [6, 6.07) is 8.10. The number of aryl methyl sites for hydroxylation is 1. The summed E-state index contributed by atoms with van der Waals surface area (Å²) in [6.07, 6.45) is 1.71. The Bertz CT molecular complexity index is 531. The van der Waals surface area contributed by atoms with Crippen molar-refractivity contribution in [1.82, 2.24) is 4.98 Å². The normalized spacial score (nSPS) is 10.3. The van der Waals surface area contributed by atoms with Crippen LogP contribution in [-0.2, 0) is 5.33 Å². The molecule has 0 N–H and O–H groups in total. The lowest BCUT2D eigenvalue weighted by atomic mass is 10.2. The zero-order valence-electron chi connectivity index (χ0n) is 9.28. The molecule has 0 aliphatic carbocycles. The van der Waals surface area contributed by atoms with Crippen LogP contribution >= 0.6 is 15.9 Å². The summed E-state index contributed by atoms with van der Waals surface area (Å²) < 4.78 is 18.8. The first-order valence-corrected chi connectivity index (χ1v) is 6.26. The van der Waals surface area contributed by atoms with Crippen LogP contribution in [0.15, 0.2) is 36.5 Å². The van der Waals surface area contributed by atoms with Crippen LogP contribution in [0.3, 0.4) is 0 Å². The van der Waals surface area contributed by atoms with Gasteiger partial charge in [0, 0.05) is 17.1 Å². The van der Waals surface area contributed by atoms with Crippen molar-refractivity contribution in [2.75, 3.05) is 0 Å². The monoisotopic (exact) mass is 295 g/mol. The minimum Gasteiger partial charge on any atom is -0.455 e. The minimum absolute atomic E-state index is 0.269. The second kappa shape index (κ2) is 5.27. The lowest BCUT2D eigenvalue weighted by Gasteiger charge is -2.10. The molecule has 0 fully saturated rings.